The van der Waals surface area contributed by atoms with E-state index < -0.39 is 0 Å². The molecule has 0 aliphatic rings. The molecule has 0 fully saturated rings. The summed E-state index contributed by atoms with van der Waals surface area (Å²) in [6.45, 7) is 2.31. The van der Waals surface area contributed by atoms with Gasteiger partial charge >= 0.3 is 0 Å². The molecule has 0 saturated carbocycles. The molecule has 0 aliphatic heterocycles. The highest BCUT2D eigenvalue weighted by Crippen LogP contribution is 2.49. The van der Waals surface area contributed by atoms with Gasteiger partial charge in [0.05, 0.1) is 0 Å². The van der Waals surface area contributed by atoms with E-state index in [9.17, 15) is 0 Å². The quantitative estimate of drug-likeness (QED) is 0.470. The molecule has 2 atom stereocenters. The molecule has 0 aromatic heterocycles. The molecule has 0 aliphatic carbocycles. The van der Waals surface area contributed by atoms with Gasteiger partial charge in [-0.15, -0.1) is 26.2 Å². The van der Waals surface area contributed by atoms with Crippen molar-refractivity contribution in [2.75, 3.05) is 0 Å². The number of hydrogen-bond acceptors (Lipinski definition) is 0. The molecule has 23 heavy (non-hydrogen) atoms. The minimum atomic E-state index is -0.135. The van der Waals surface area contributed by atoms with Gasteiger partial charge in [0, 0.05) is 5.16 Å². The number of benzene rings is 3. The number of hydrogen-bond donors (Lipinski definition) is 0. The first-order valence-corrected chi connectivity index (χ1v) is 8.25. The second kappa shape index (κ2) is 7.90. The van der Waals surface area contributed by atoms with Crippen LogP contribution in [0.15, 0.2) is 91.0 Å². The maximum Gasteiger partial charge on any atom is 0.0409 e. The zero-order valence-corrected chi connectivity index (χ0v) is 16.1. The van der Waals surface area contributed by atoms with E-state index in [0.717, 1.165) is 0 Å². The van der Waals surface area contributed by atoms with Crippen LogP contribution in [0.4, 0.5) is 0 Å². The molecule has 118 valence electrons. The first-order chi connectivity index (χ1) is 10.7. The Bertz CT molecular complexity index is 671. The van der Waals surface area contributed by atoms with E-state index in [1.807, 2.05) is 0 Å². The highest BCUT2D eigenvalue weighted by molar-refractivity contribution is 8.93. The van der Waals surface area contributed by atoms with Gasteiger partial charge in [-0.3, -0.25) is 0 Å². The molecule has 0 N–H and O–H groups in total. The third-order valence-corrected chi connectivity index (χ3v) is 5.65. The Morgan fingerprint density at radius 1 is 0.652 bits per heavy atom. The molecule has 3 rings (SSSR count). The molecule has 0 saturated heterocycles. The van der Waals surface area contributed by atoms with Crippen LogP contribution in [0, 0.1) is 0 Å². The van der Waals surface area contributed by atoms with Crippen molar-refractivity contribution >= 4 is 26.2 Å². The Balaban J connectivity index is 0.00000192. The summed E-state index contributed by atoms with van der Waals surface area (Å²) in [7, 11) is 3.13. The van der Waals surface area contributed by atoms with Crippen molar-refractivity contribution in [2.45, 2.75) is 18.0 Å². The summed E-state index contributed by atoms with van der Waals surface area (Å²) < 4.78 is 0. The van der Waals surface area contributed by atoms with Gasteiger partial charge in [-0.05, 0) is 22.6 Å². The molecule has 3 aromatic carbocycles. The zero-order chi connectivity index (χ0) is 15.4. The summed E-state index contributed by atoms with van der Waals surface area (Å²) in [5.74, 6) is 0.350. The molecule has 0 amide bonds. The van der Waals surface area contributed by atoms with E-state index >= 15 is 0 Å². The highest BCUT2D eigenvalue weighted by Gasteiger charge is 2.35. The minimum Gasteiger partial charge on any atom is -0.121 e. The fourth-order valence-electron chi connectivity index (χ4n) is 3.10. The van der Waals surface area contributed by atoms with E-state index in [2.05, 4.69) is 107 Å². The SMILES string of the molecule is Br.CC(c1ccccc1)C(P)(c1ccccc1)c1ccccc1. The van der Waals surface area contributed by atoms with Crippen molar-refractivity contribution in [3.63, 3.8) is 0 Å². The molecule has 3 aromatic rings. The third kappa shape index (κ3) is 3.57. The maximum atomic E-state index is 3.13. The number of halogens is 1. The lowest BCUT2D eigenvalue weighted by atomic mass is 9.77. The Morgan fingerprint density at radius 2 is 1.00 bits per heavy atom. The Kier molecular flexibility index (Phi) is 6.16. The van der Waals surface area contributed by atoms with E-state index in [0.29, 0.717) is 5.92 Å². The molecular formula is C21H22BrP. The third-order valence-electron chi connectivity index (χ3n) is 4.49. The van der Waals surface area contributed by atoms with Crippen LogP contribution in [-0.2, 0) is 5.16 Å². The Hall–Kier alpha value is -1.43. The van der Waals surface area contributed by atoms with Crippen LogP contribution in [0.3, 0.4) is 0 Å². The first-order valence-electron chi connectivity index (χ1n) is 7.68. The maximum absolute atomic E-state index is 3.13. The monoisotopic (exact) mass is 384 g/mol. The van der Waals surface area contributed by atoms with Crippen molar-refractivity contribution in [3.05, 3.63) is 108 Å². The molecule has 2 heteroatoms. The predicted molar refractivity (Wildman–Crippen MR) is 109 cm³/mol. The van der Waals surface area contributed by atoms with E-state index in [1.165, 1.54) is 16.7 Å². The van der Waals surface area contributed by atoms with Crippen molar-refractivity contribution in [3.8, 4) is 0 Å². The Labute approximate surface area is 151 Å². The molecule has 0 heterocycles. The predicted octanol–water partition coefficient (Wildman–Crippen LogP) is 6.19. The van der Waals surface area contributed by atoms with Gasteiger partial charge in [0.1, 0.15) is 0 Å². The Morgan fingerprint density at radius 3 is 1.39 bits per heavy atom. The van der Waals surface area contributed by atoms with Gasteiger partial charge in [-0.1, -0.05) is 97.9 Å². The van der Waals surface area contributed by atoms with Crippen molar-refractivity contribution in [1.29, 1.82) is 0 Å². The topological polar surface area (TPSA) is 0 Å². The van der Waals surface area contributed by atoms with Crippen LogP contribution >= 0.6 is 26.2 Å². The van der Waals surface area contributed by atoms with Gasteiger partial charge in [0.25, 0.3) is 0 Å². The second-order valence-electron chi connectivity index (χ2n) is 5.73. The summed E-state index contributed by atoms with van der Waals surface area (Å²) in [4.78, 5) is 0. The van der Waals surface area contributed by atoms with Crippen LogP contribution < -0.4 is 0 Å². The van der Waals surface area contributed by atoms with Crippen molar-refractivity contribution < 1.29 is 0 Å². The summed E-state index contributed by atoms with van der Waals surface area (Å²) in [5.41, 5.74) is 4.00. The van der Waals surface area contributed by atoms with Gasteiger partial charge < -0.3 is 0 Å². The van der Waals surface area contributed by atoms with Gasteiger partial charge in [0.15, 0.2) is 0 Å². The summed E-state index contributed by atoms with van der Waals surface area (Å²) >= 11 is 0. The van der Waals surface area contributed by atoms with Crippen LogP contribution in [-0.4, -0.2) is 0 Å². The standard InChI is InChI=1S/C21H21P.BrH/c1-17(18-11-5-2-6-12-18)21(22,19-13-7-3-8-14-19)20-15-9-4-10-16-20;/h2-17H,22H2,1H3;1H. The second-order valence-corrected chi connectivity index (χ2v) is 6.64. The molecule has 2 unspecified atom stereocenters. The molecule has 0 radical (unpaired) electrons. The van der Waals surface area contributed by atoms with E-state index in [1.54, 1.807) is 0 Å². The average molecular weight is 385 g/mol. The summed E-state index contributed by atoms with van der Waals surface area (Å²) in [6, 6.07) is 32.3. The summed E-state index contributed by atoms with van der Waals surface area (Å²) in [5, 5.41) is -0.135. The smallest absolute Gasteiger partial charge is 0.0409 e. The van der Waals surface area contributed by atoms with Crippen LogP contribution in [0.2, 0.25) is 0 Å². The zero-order valence-electron chi connectivity index (χ0n) is 13.2. The molecule has 0 nitrogen and oxygen atoms in total. The van der Waals surface area contributed by atoms with Gasteiger partial charge in [-0.25, -0.2) is 0 Å². The highest BCUT2D eigenvalue weighted by atomic mass is 79.9. The van der Waals surface area contributed by atoms with Crippen molar-refractivity contribution in [2.24, 2.45) is 0 Å². The fourth-order valence-corrected chi connectivity index (χ4v) is 3.68. The molecule has 0 spiro atoms. The first kappa shape index (κ1) is 17.9. The average Bonchev–Trinajstić information content (AvgIpc) is 2.62. The number of rotatable bonds is 4. The largest absolute Gasteiger partial charge is 0.121 e. The molecule has 0 bridgehead atoms. The normalized spacial score (nSPS) is 12.3. The van der Waals surface area contributed by atoms with E-state index in [4.69, 9.17) is 0 Å². The minimum absolute atomic E-state index is 0. The molecular weight excluding hydrogens is 363 g/mol. The fraction of sp³-hybridized carbons (Fsp3) is 0.143. The van der Waals surface area contributed by atoms with Crippen LogP contribution in [0.25, 0.3) is 0 Å². The van der Waals surface area contributed by atoms with Gasteiger partial charge in [-0.2, -0.15) is 0 Å². The lowest BCUT2D eigenvalue weighted by molar-refractivity contribution is 0.603. The van der Waals surface area contributed by atoms with Crippen molar-refractivity contribution in [1.82, 2.24) is 0 Å². The summed E-state index contributed by atoms with van der Waals surface area (Å²) in [6.07, 6.45) is 0. The van der Waals surface area contributed by atoms with Crippen LogP contribution in [0.1, 0.15) is 29.5 Å². The van der Waals surface area contributed by atoms with Crippen LogP contribution in [0.5, 0.6) is 0 Å². The lowest BCUT2D eigenvalue weighted by Gasteiger charge is -2.37. The van der Waals surface area contributed by atoms with E-state index in [-0.39, 0.29) is 22.1 Å². The van der Waals surface area contributed by atoms with Gasteiger partial charge in [0.2, 0.25) is 0 Å². The lowest BCUT2D eigenvalue weighted by Crippen LogP contribution is -2.27.